The van der Waals surface area contributed by atoms with Crippen LogP contribution in [0.15, 0.2) is 46.8 Å². The largest absolute Gasteiger partial charge is 0.500 e. The Labute approximate surface area is 214 Å². The van der Waals surface area contributed by atoms with Gasteiger partial charge in [0, 0.05) is 36.7 Å². The fourth-order valence-electron chi connectivity index (χ4n) is 5.15. The normalized spacial score (nSPS) is 20.7. The SMILES string of the molecule is COC1=C(C)C(C(=O)O)=C(C)C(C)(C)C1C=CC(=O)c1cc(C)c(OCCN2CCOCC2)c(C)c1. The number of carbonyl (C=O) groups excluding carboxylic acids is 1. The van der Waals surface area contributed by atoms with Gasteiger partial charge in [-0.25, -0.2) is 4.79 Å². The average molecular weight is 498 g/mol. The van der Waals surface area contributed by atoms with Crippen LogP contribution in [0.1, 0.15) is 49.2 Å². The standard InChI is InChI=1S/C29H39NO6/c1-18-16-22(17-19(2)26(18)36-15-12-30-10-13-35-14-11-30)24(31)9-8-23-27(34-7)20(3)25(28(32)33)21(4)29(23,5)6/h8-9,16-17,23H,10-15H2,1-7H3,(H,32,33). The minimum absolute atomic E-state index is 0.115. The van der Waals surface area contributed by atoms with Crippen molar-refractivity contribution >= 4 is 11.8 Å². The van der Waals surface area contributed by atoms with Crippen molar-refractivity contribution in [3.63, 3.8) is 0 Å². The number of methoxy groups -OCH3 is 1. The zero-order valence-corrected chi connectivity index (χ0v) is 22.6. The number of nitrogens with zero attached hydrogens (tertiary/aromatic N) is 1. The molecule has 1 aromatic rings. The Morgan fingerprint density at radius 1 is 1.14 bits per heavy atom. The van der Waals surface area contributed by atoms with Gasteiger partial charge in [0.2, 0.25) is 0 Å². The minimum Gasteiger partial charge on any atom is -0.500 e. The number of benzene rings is 1. The molecule has 36 heavy (non-hydrogen) atoms. The second-order valence-corrected chi connectivity index (χ2v) is 10.2. The van der Waals surface area contributed by atoms with E-state index in [1.165, 1.54) is 0 Å². The van der Waals surface area contributed by atoms with E-state index in [0.717, 1.165) is 55.3 Å². The molecule has 1 heterocycles. The Hall–Kier alpha value is -2.90. The van der Waals surface area contributed by atoms with Crippen LogP contribution in [0.2, 0.25) is 0 Å². The Morgan fingerprint density at radius 3 is 2.31 bits per heavy atom. The van der Waals surface area contributed by atoms with Gasteiger partial charge in [0.05, 0.1) is 25.9 Å². The lowest BCUT2D eigenvalue weighted by atomic mass is 9.66. The van der Waals surface area contributed by atoms with Crippen molar-refractivity contribution in [2.45, 2.75) is 41.5 Å². The predicted octanol–water partition coefficient (Wildman–Crippen LogP) is 4.73. The summed E-state index contributed by atoms with van der Waals surface area (Å²) in [5.74, 6) is 0.0438. The number of carboxylic acids is 1. The van der Waals surface area contributed by atoms with Gasteiger partial charge in [-0.1, -0.05) is 25.5 Å². The molecule has 1 aliphatic heterocycles. The monoisotopic (exact) mass is 497 g/mol. The van der Waals surface area contributed by atoms with Gasteiger partial charge in [0.15, 0.2) is 5.78 Å². The van der Waals surface area contributed by atoms with Gasteiger partial charge in [-0.3, -0.25) is 9.69 Å². The lowest BCUT2D eigenvalue weighted by molar-refractivity contribution is -0.132. The fourth-order valence-corrected chi connectivity index (χ4v) is 5.15. The van der Waals surface area contributed by atoms with Crippen molar-refractivity contribution in [3.8, 4) is 5.75 Å². The second-order valence-electron chi connectivity index (χ2n) is 10.2. The lowest BCUT2D eigenvalue weighted by Crippen LogP contribution is -2.38. The molecule has 1 unspecified atom stereocenters. The van der Waals surface area contributed by atoms with Crippen LogP contribution in [-0.4, -0.2) is 68.3 Å². The van der Waals surface area contributed by atoms with Gasteiger partial charge in [0.25, 0.3) is 0 Å². The van der Waals surface area contributed by atoms with E-state index in [2.05, 4.69) is 4.90 Å². The summed E-state index contributed by atoms with van der Waals surface area (Å²) in [7, 11) is 1.54. The molecule has 1 aromatic carbocycles. The van der Waals surface area contributed by atoms with Gasteiger partial charge >= 0.3 is 5.97 Å². The minimum atomic E-state index is -0.968. The van der Waals surface area contributed by atoms with Crippen molar-refractivity contribution in [1.29, 1.82) is 0 Å². The highest BCUT2D eigenvalue weighted by molar-refractivity contribution is 6.05. The molecule has 0 saturated carbocycles. The van der Waals surface area contributed by atoms with Gasteiger partial charge in [-0.05, 0) is 62.4 Å². The molecular formula is C29H39NO6. The summed E-state index contributed by atoms with van der Waals surface area (Å²) < 4.78 is 17.1. The summed E-state index contributed by atoms with van der Waals surface area (Å²) in [6.07, 6.45) is 3.41. The van der Waals surface area contributed by atoms with Crippen molar-refractivity contribution in [2.24, 2.45) is 11.3 Å². The first kappa shape index (κ1) is 27.7. The van der Waals surface area contributed by atoms with E-state index in [-0.39, 0.29) is 17.3 Å². The van der Waals surface area contributed by atoms with Crippen LogP contribution in [0.3, 0.4) is 0 Å². The summed E-state index contributed by atoms with van der Waals surface area (Å²) in [6.45, 7) is 16.3. The predicted molar refractivity (Wildman–Crippen MR) is 139 cm³/mol. The van der Waals surface area contributed by atoms with Crippen LogP contribution in [-0.2, 0) is 14.3 Å². The van der Waals surface area contributed by atoms with E-state index in [0.29, 0.717) is 23.5 Å². The first-order chi connectivity index (χ1) is 17.0. The Bertz CT molecular complexity index is 1080. The fraction of sp³-hybridized carbons (Fsp3) is 0.517. The topological polar surface area (TPSA) is 85.3 Å². The van der Waals surface area contributed by atoms with Crippen molar-refractivity contribution in [1.82, 2.24) is 4.90 Å². The van der Waals surface area contributed by atoms with Gasteiger partial charge in [-0.2, -0.15) is 0 Å². The maximum Gasteiger partial charge on any atom is 0.336 e. The zero-order chi connectivity index (χ0) is 26.6. The molecule has 0 radical (unpaired) electrons. The number of carboxylic acid groups (broad SMARTS) is 1. The molecule has 0 amide bonds. The number of aliphatic carboxylic acids is 1. The van der Waals surface area contributed by atoms with E-state index in [9.17, 15) is 14.7 Å². The highest BCUT2D eigenvalue weighted by atomic mass is 16.5. The number of carbonyl (C=O) groups is 2. The van der Waals surface area contributed by atoms with Crippen LogP contribution in [0, 0.1) is 25.2 Å². The summed E-state index contributed by atoms with van der Waals surface area (Å²) in [5, 5.41) is 9.74. The summed E-state index contributed by atoms with van der Waals surface area (Å²) in [4.78, 5) is 27.4. The molecular weight excluding hydrogens is 458 g/mol. The molecule has 2 aliphatic rings. The van der Waals surface area contributed by atoms with Gasteiger partial charge in [-0.15, -0.1) is 0 Å². The maximum absolute atomic E-state index is 13.2. The highest BCUT2D eigenvalue weighted by Crippen LogP contribution is 2.48. The van der Waals surface area contributed by atoms with Crippen LogP contribution in [0.4, 0.5) is 0 Å². The van der Waals surface area contributed by atoms with Gasteiger partial charge in [0.1, 0.15) is 18.1 Å². The van der Waals surface area contributed by atoms with Crippen LogP contribution < -0.4 is 4.74 Å². The van der Waals surface area contributed by atoms with E-state index < -0.39 is 11.4 Å². The van der Waals surface area contributed by atoms with Crippen molar-refractivity contribution < 1.29 is 28.9 Å². The molecule has 1 atom stereocenters. The van der Waals surface area contributed by atoms with Gasteiger partial charge < -0.3 is 19.3 Å². The third-order valence-corrected chi connectivity index (χ3v) is 7.52. The average Bonchev–Trinajstić information content (AvgIpc) is 2.82. The molecule has 1 fully saturated rings. The number of ether oxygens (including phenoxy) is 3. The Morgan fingerprint density at radius 2 is 1.75 bits per heavy atom. The number of aryl methyl sites for hydroxylation is 2. The number of hydrogen-bond donors (Lipinski definition) is 1. The van der Waals surface area contributed by atoms with Crippen LogP contribution in [0.25, 0.3) is 0 Å². The molecule has 0 bridgehead atoms. The third kappa shape index (κ3) is 5.73. The van der Waals surface area contributed by atoms with E-state index >= 15 is 0 Å². The number of allylic oxidation sites excluding steroid dienone is 3. The molecule has 7 nitrogen and oxygen atoms in total. The quantitative estimate of drug-likeness (QED) is 0.390. The zero-order valence-electron chi connectivity index (χ0n) is 22.6. The van der Waals surface area contributed by atoms with Crippen LogP contribution >= 0.6 is 0 Å². The Kier molecular flexibility index (Phi) is 8.80. The van der Waals surface area contributed by atoms with E-state index in [1.807, 2.05) is 52.8 Å². The summed E-state index contributed by atoms with van der Waals surface area (Å²) in [6, 6.07) is 3.73. The lowest BCUT2D eigenvalue weighted by Gasteiger charge is -2.40. The molecule has 1 aliphatic carbocycles. The number of ketones is 1. The molecule has 3 rings (SSSR count). The number of morpholine rings is 1. The number of hydrogen-bond acceptors (Lipinski definition) is 6. The first-order valence-electron chi connectivity index (χ1n) is 12.5. The number of rotatable bonds is 9. The molecule has 196 valence electrons. The van der Waals surface area contributed by atoms with E-state index in [1.54, 1.807) is 20.1 Å². The summed E-state index contributed by atoms with van der Waals surface area (Å²) >= 11 is 0. The van der Waals surface area contributed by atoms with Crippen LogP contribution in [0.5, 0.6) is 5.75 Å². The molecule has 1 N–H and O–H groups in total. The van der Waals surface area contributed by atoms with Crippen molar-refractivity contribution in [2.75, 3.05) is 46.6 Å². The van der Waals surface area contributed by atoms with E-state index in [4.69, 9.17) is 14.2 Å². The highest BCUT2D eigenvalue weighted by Gasteiger charge is 2.41. The molecule has 0 aromatic heterocycles. The second kappa shape index (κ2) is 11.4. The third-order valence-electron chi connectivity index (χ3n) is 7.52. The molecule has 1 saturated heterocycles. The molecule has 7 heteroatoms. The Balaban J connectivity index is 1.77. The maximum atomic E-state index is 13.2. The summed E-state index contributed by atoms with van der Waals surface area (Å²) in [5.41, 5.74) is 3.54. The molecule has 0 spiro atoms. The first-order valence-corrected chi connectivity index (χ1v) is 12.5. The smallest absolute Gasteiger partial charge is 0.336 e. The van der Waals surface area contributed by atoms with Crippen molar-refractivity contribution in [3.05, 3.63) is 63.5 Å².